The quantitative estimate of drug-likeness (QED) is 0.850. The molecule has 1 aliphatic rings. The van der Waals surface area contributed by atoms with E-state index in [2.05, 4.69) is 4.52 Å². The SMILES string of the molecule is COP(O)CC(=O)N1C(=O)OCC1c1ccccc1. The average molecular weight is 283 g/mol. The van der Waals surface area contributed by atoms with Gasteiger partial charge < -0.3 is 14.2 Å². The second kappa shape index (κ2) is 6.10. The minimum Gasteiger partial charge on any atom is -0.446 e. The predicted octanol–water partition coefficient (Wildman–Crippen LogP) is 1.66. The number of cyclic esters (lactones) is 1. The fraction of sp³-hybridized carbons (Fsp3) is 0.333. The van der Waals surface area contributed by atoms with Gasteiger partial charge in [0.1, 0.15) is 12.6 Å². The molecule has 2 unspecified atom stereocenters. The van der Waals surface area contributed by atoms with Gasteiger partial charge >= 0.3 is 6.09 Å². The molecule has 0 aromatic heterocycles. The van der Waals surface area contributed by atoms with E-state index in [0.717, 1.165) is 10.5 Å². The van der Waals surface area contributed by atoms with Crippen molar-refractivity contribution in [2.45, 2.75) is 6.04 Å². The largest absolute Gasteiger partial charge is 0.446 e. The van der Waals surface area contributed by atoms with Crippen LogP contribution in [-0.4, -0.2) is 41.7 Å². The van der Waals surface area contributed by atoms with E-state index in [1.54, 1.807) is 0 Å². The van der Waals surface area contributed by atoms with E-state index in [-0.39, 0.29) is 12.8 Å². The summed E-state index contributed by atoms with van der Waals surface area (Å²) in [7, 11) is -0.524. The Balaban J connectivity index is 2.16. The Morgan fingerprint density at radius 1 is 1.53 bits per heavy atom. The molecule has 1 heterocycles. The Hall–Kier alpha value is -1.49. The molecule has 0 saturated carbocycles. The molecule has 1 N–H and O–H groups in total. The minimum atomic E-state index is -1.84. The van der Waals surface area contributed by atoms with Crippen LogP contribution in [0.5, 0.6) is 0 Å². The van der Waals surface area contributed by atoms with Gasteiger partial charge in [0.25, 0.3) is 0 Å². The normalized spacial score (nSPS) is 20.2. The molecule has 0 bridgehead atoms. The molecule has 1 aromatic rings. The fourth-order valence-corrected chi connectivity index (χ4v) is 2.39. The number of amides is 2. The molecule has 0 aliphatic carbocycles. The highest BCUT2D eigenvalue weighted by Crippen LogP contribution is 2.33. The van der Waals surface area contributed by atoms with Crippen molar-refractivity contribution in [3.63, 3.8) is 0 Å². The van der Waals surface area contributed by atoms with E-state index in [0.29, 0.717) is 0 Å². The van der Waals surface area contributed by atoms with Gasteiger partial charge in [-0.2, -0.15) is 0 Å². The van der Waals surface area contributed by atoms with Gasteiger partial charge in [-0.25, -0.2) is 9.69 Å². The molecule has 1 aliphatic heterocycles. The summed E-state index contributed by atoms with van der Waals surface area (Å²) in [5.74, 6) is -0.494. The van der Waals surface area contributed by atoms with Crippen molar-refractivity contribution < 1.29 is 23.7 Å². The third kappa shape index (κ3) is 3.10. The van der Waals surface area contributed by atoms with Gasteiger partial charge in [0, 0.05) is 7.11 Å². The summed E-state index contributed by atoms with van der Waals surface area (Å²) in [5, 5.41) is 0. The topological polar surface area (TPSA) is 76.1 Å². The summed E-state index contributed by atoms with van der Waals surface area (Å²) in [6.07, 6.45) is -0.900. The zero-order chi connectivity index (χ0) is 13.8. The molecular formula is C12H14NO5P. The average Bonchev–Trinajstić information content (AvgIpc) is 2.81. The van der Waals surface area contributed by atoms with Crippen LogP contribution in [0, 0.1) is 0 Å². The molecule has 1 saturated heterocycles. The van der Waals surface area contributed by atoms with E-state index in [1.807, 2.05) is 30.3 Å². The number of hydrogen-bond acceptors (Lipinski definition) is 5. The Labute approximate surface area is 111 Å². The van der Waals surface area contributed by atoms with Crippen LogP contribution in [0.15, 0.2) is 30.3 Å². The molecule has 19 heavy (non-hydrogen) atoms. The number of benzene rings is 1. The highest BCUT2D eigenvalue weighted by molar-refractivity contribution is 7.47. The van der Waals surface area contributed by atoms with Gasteiger partial charge in [0.15, 0.2) is 8.38 Å². The summed E-state index contributed by atoms with van der Waals surface area (Å²) < 4.78 is 9.60. The van der Waals surface area contributed by atoms with Crippen LogP contribution >= 0.6 is 8.38 Å². The minimum absolute atomic E-state index is 0.130. The van der Waals surface area contributed by atoms with Crippen LogP contribution in [0.3, 0.4) is 0 Å². The Kier molecular flexibility index (Phi) is 4.47. The van der Waals surface area contributed by atoms with E-state index < -0.39 is 26.4 Å². The number of hydrogen-bond donors (Lipinski definition) is 1. The standard InChI is InChI=1S/C12H14NO5P/c1-17-19(16)8-11(14)13-10(7-18-12(13)15)9-5-3-2-4-6-9/h2-6,10,16H,7-8H2,1H3. The van der Waals surface area contributed by atoms with Gasteiger partial charge in [-0.1, -0.05) is 30.3 Å². The third-order valence-electron chi connectivity index (χ3n) is 2.81. The van der Waals surface area contributed by atoms with E-state index in [4.69, 9.17) is 4.74 Å². The molecule has 1 fully saturated rings. The lowest BCUT2D eigenvalue weighted by Gasteiger charge is -2.20. The molecule has 7 heteroatoms. The van der Waals surface area contributed by atoms with Crippen molar-refractivity contribution in [3.8, 4) is 0 Å². The van der Waals surface area contributed by atoms with Crippen LogP contribution in [0.2, 0.25) is 0 Å². The maximum absolute atomic E-state index is 12.0. The maximum atomic E-state index is 12.0. The smallest absolute Gasteiger partial charge is 0.417 e. The van der Waals surface area contributed by atoms with Gasteiger partial charge in [0.2, 0.25) is 5.91 Å². The third-order valence-corrected chi connectivity index (χ3v) is 3.77. The Morgan fingerprint density at radius 3 is 2.84 bits per heavy atom. The van der Waals surface area contributed by atoms with Crippen LogP contribution in [-0.2, 0) is 14.1 Å². The number of carbonyl (C=O) groups excluding carboxylic acids is 2. The lowest BCUT2D eigenvalue weighted by atomic mass is 10.1. The molecule has 0 radical (unpaired) electrons. The van der Waals surface area contributed by atoms with Crippen molar-refractivity contribution in [2.24, 2.45) is 0 Å². The van der Waals surface area contributed by atoms with Crippen molar-refractivity contribution in [1.29, 1.82) is 0 Å². The molecule has 102 valence electrons. The van der Waals surface area contributed by atoms with E-state index >= 15 is 0 Å². The zero-order valence-corrected chi connectivity index (χ0v) is 11.2. The summed E-state index contributed by atoms with van der Waals surface area (Å²) in [6.45, 7) is 0.130. The molecule has 2 amide bonds. The van der Waals surface area contributed by atoms with Crippen LogP contribution in [0.1, 0.15) is 11.6 Å². The Morgan fingerprint density at radius 2 is 2.21 bits per heavy atom. The molecular weight excluding hydrogens is 269 g/mol. The highest BCUT2D eigenvalue weighted by atomic mass is 31.2. The summed E-state index contributed by atoms with van der Waals surface area (Å²) in [5.41, 5.74) is 0.821. The number of carbonyl (C=O) groups is 2. The number of ether oxygens (including phenoxy) is 1. The lowest BCUT2D eigenvalue weighted by molar-refractivity contribution is -0.126. The number of imide groups is 1. The summed E-state index contributed by atoms with van der Waals surface area (Å²) in [4.78, 5) is 34.1. The summed E-state index contributed by atoms with van der Waals surface area (Å²) >= 11 is 0. The van der Waals surface area contributed by atoms with Crippen molar-refractivity contribution >= 4 is 20.4 Å². The molecule has 2 atom stereocenters. The maximum Gasteiger partial charge on any atom is 0.417 e. The first-order valence-corrected chi connectivity index (χ1v) is 7.07. The van der Waals surface area contributed by atoms with Gasteiger partial charge in [-0.15, -0.1) is 0 Å². The molecule has 0 spiro atoms. The Bertz CT molecular complexity index is 466. The first-order valence-electron chi connectivity index (χ1n) is 5.67. The number of nitrogens with zero attached hydrogens (tertiary/aromatic N) is 1. The zero-order valence-electron chi connectivity index (χ0n) is 10.4. The highest BCUT2D eigenvalue weighted by Gasteiger charge is 2.39. The van der Waals surface area contributed by atoms with Gasteiger partial charge in [-0.05, 0) is 5.56 Å². The fourth-order valence-electron chi connectivity index (χ4n) is 1.87. The first kappa shape index (κ1) is 13.9. The first-order chi connectivity index (χ1) is 9.13. The second-order valence-corrected chi connectivity index (χ2v) is 5.35. The van der Waals surface area contributed by atoms with E-state index in [1.165, 1.54) is 7.11 Å². The molecule has 2 rings (SSSR count). The predicted molar refractivity (Wildman–Crippen MR) is 68.4 cm³/mol. The van der Waals surface area contributed by atoms with Crippen LogP contribution in [0.4, 0.5) is 4.79 Å². The van der Waals surface area contributed by atoms with Crippen molar-refractivity contribution in [3.05, 3.63) is 35.9 Å². The summed E-state index contributed by atoms with van der Waals surface area (Å²) in [6, 6.07) is 8.71. The van der Waals surface area contributed by atoms with E-state index in [9.17, 15) is 14.5 Å². The van der Waals surface area contributed by atoms with Crippen molar-refractivity contribution in [2.75, 3.05) is 19.9 Å². The monoisotopic (exact) mass is 283 g/mol. The molecule has 1 aromatic carbocycles. The second-order valence-electron chi connectivity index (χ2n) is 3.96. The van der Waals surface area contributed by atoms with Crippen LogP contribution < -0.4 is 0 Å². The van der Waals surface area contributed by atoms with Crippen molar-refractivity contribution in [1.82, 2.24) is 4.90 Å². The number of rotatable bonds is 4. The van der Waals surface area contributed by atoms with Crippen LogP contribution in [0.25, 0.3) is 0 Å². The van der Waals surface area contributed by atoms with Gasteiger partial charge in [-0.3, -0.25) is 4.79 Å². The van der Waals surface area contributed by atoms with Gasteiger partial charge in [0.05, 0.1) is 6.16 Å². The molecule has 6 nitrogen and oxygen atoms in total. The lowest BCUT2D eigenvalue weighted by Crippen LogP contribution is -2.35.